The highest BCUT2D eigenvalue weighted by molar-refractivity contribution is 5.96. The van der Waals surface area contributed by atoms with E-state index in [0.29, 0.717) is 36.2 Å². The Balaban J connectivity index is 0.909. The molecule has 2 aromatic rings. The number of hydrogen-bond donors (Lipinski definition) is 4. The zero-order valence-electron chi connectivity index (χ0n) is 40.5. The second-order valence-corrected chi connectivity index (χ2v) is 23.0. The minimum atomic E-state index is -1.63. The summed E-state index contributed by atoms with van der Waals surface area (Å²) in [6.07, 6.45) is 4.22. The van der Waals surface area contributed by atoms with Gasteiger partial charge in [-0.3, -0.25) is 24.0 Å². The van der Waals surface area contributed by atoms with Crippen LogP contribution in [0.4, 0.5) is 0 Å². The molecular formula is C53H69N3O12. The van der Waals surface area contributed by atoms with E-state index >= 15 is 4.79 Å². The van der Waals surface area contributed by atoms with Crippen LogP contribution in [0, 0.1) is 22.7 Å². The van der Waals surface area contributed by atoms with Gasteiger partial charge in [-0.2, -0.15) is 5.06 Å². The van der Waals surface area contributed by atoms with Crippen molar-refractivity contribution in [3.63, 3.8) is 0 Å². The van der Waals surface area contributed by atoms with Crippen molar-refractivity contribution in [1.29, 1.82) is 0 Å². The number of rotatable bonds is 12. The van der Waals surface area contributed by atoms with E-state index in [2.05, 4.69) is 49.6 Å². The van der Waals surface area contributed by atoms with Crippen LogP contribution in [0.2, 0.25) is 0 Å². The number of fused-ring (bicyclic) bond motifs is 7. The van der Waals surface area contributed by atoms with Crippen LogP contribution in [0.25, 0.3) is 6.08 Å². The van der Waals surface area contributed by atoms with Gasteiger partial charge in [-0.25, -0.2) is 0 Å². The molecule has 0 aromatic heterocycles. The molecule has 4 aliphatic heterocycles. The summed E-state index contributed by atoms with van der Waals surface area (Å²) >= 11 is 0. The minimum absolute atomic E-state index is 0.0120. The number of amides is 2. The van der Waals surface area contributed by atoms with Gasteiger partial charge in [0.2, 0.25) is 11.8 Å². The smallest absolute Gasteiger partial charge is 0.327 e. The van der Waals surface area contributed by atoms with Gasteiger partial charge in [-0.15, -0.1) is 0 Å². The highest BCUT2D eigenvalue weighted by atomic mass is 16.8. The summed E-state index contributed by atoms with van der Waals surface area (Å²) in [6.45, 7) is 13.3. The molecule has 13 unspecified atom stereocenters. The summed E-state index contributed by atoms with van der Waals surface area (Å²) in [5, 5.41) is 28.2. The van der Waals surface area contributed by atoms with E-state index < -0.39 is 95.8 Å². The number of nitrogens with one attached hydrogen (secondary N) is 2. The topological polar surface area (TPSA) is 195 Å². The molecule has 3 saturated carbocycles. The van der Waals surface area contributed by atoms with Gasteiger partial charge in [-0.05, 0) is 113 Å². The van der Waals surface area contributed by atoms with Gasteiger partial charge in [0.25, 0.3) is 0 Å². The fourth-order valence-corrected chi connectivity index (χ4v) is 12.9. The number of aliphatic hydroxyl groups excluding tert-OH is 2. The van der Waals surface area contributed by atoms with E-state index in [4.69, 9.17) is 28.5 Å². The van der Waals surface area contributed by atoms with Crippen LogP contribution < -0.4 is 10.6 Å². The SMILES string of the molecule is CC(O)C(NC(=O)C12CC3OC(=O)C1N(Cc1ccc(C=C4CCC5OC5(C)CCC5C4CC5(C)C)cc1)OC2C1OC2(Cc4ccccc4C2)OC31)C(=O)NC(CO)CCC(=O)OC(C)(C)C. The average Bonchev–Trinajstić information content (AvgIpc) is 3.54. The van der Waals surface area contributed by atoms with Crippen molar-refractivity contribution in [1.82, 2.24) is 15.7 Å². The molecule has 8 aliphatic rings. The first-order chi connectivity index (χ1) is 32.2. The van der Waals surface area contributed by atoms with Crippen LogP contribution in [0.3, 0.4) is 0 Å². The molecule has 0 radical (unpaired) electrons. The Bertz CT molecular complexity index is 2320. The fourth-order valence-electron chi connectivity index (χ4n) is 12.9. The summed E-state index contributed by atoms with van der Waals surface area (Å²) < 4.78 is 31.5. The monoisotopic (exact) mass is 939 g/mol. The number of epoxide rings is 1. The van der Waals surface area contributed by atoms with Crippen LogP contribution >= 0.6 is 0 Å². The summed E-state index contributed by atoms with van der Waals surface area (Å²) in [4.78, 5) is 62.9. The molecule has 15 nitrogen and oxygen atoms in total. The predicted octanol–water partition coefficient (Wildman–Crippen LogP) is 5.01. The quantitative estimate of drug-likeness (QED) is 0.164. The molecule has 4 N–H and O–H groups in total. The Kier molecular flexibility index (Phi) is 12.1. The van der Waals surface area contributed by atoms with Gasteiger partial charge < -0.3 is 44.5 Å². The van der Waals surface area contributed by atoms with Crippen LogP contribution in [-0.4, -0.2) is 117 Å². The maximum absolute atomic E-state index is 15.2. The number of hydrogen-bond acceptors (Lipinski definition) is 13. The van der Waals surface area contributed by atoms with E-state index in [1.807, 2.05) is 36.4 Å². The zero-order valence-corrected chi connectivity index (χ0v) is 40.5. The van der Waals surface area contributed by atoms with Crippen molar-refractivity contribution in [3.05, 3.63) is 76.4 Å². The van der Waals surface area contributed by atoms with E-state index in [-0.39, 0.29) is 31.4 Å². The molecule has 368 valence electrons. The molecule has 1 spiro atoms. The summed E-state index contributed by atoms with van der Waals surface area (Å²) in [5.74, 6) is -2.50. The van der Waals surface area contributed by atoms with E-state index in [0.717, 1.165) is 41.5 Å². The molecule has 7 fully saturated rings. The summed E-state index contributed by atoms with van der Waals surface area (Å²) in [6, 6.07) is 12.6. The largest absolute Gasteiger partial charge is 0.460 e. The maximum atomic E-state index is 15.2. The van der Waals surface area contributed by atoms with Gasteiger partial charge in [-0.1, -0.05) is 74.0 Å². The Hall–Kier alpha value is -4.22. The first-order valence-corrected chi connectivity index (χ1v) is 24.9. The Morgan fingerprint density at radius 2 is 1.66 bits per heavy atom. The van der Waals surface area contributed by atoms with Gasteiger partial charge in [0.15, 0.2) is 11.8 Å². The van der Waals surface area contributed by atoms with Gasteiger partial charge >= 0.3 is 11.9 Å². The number of ether oxygens (including phenoxy) is 5. The number of carbonyl (C=O) groups is 4. The highest BCUT2D eigenvalue weighted by Crippen LogP contribution is 2.61. The Morgan fingerprint density at radius 1 is 0.956 bits per heavy atom. The third-order valence-corrected chi connectivity index (χ3v) is 16.5. The Morgan fingerprint density at radius 3 is 2.32 bits per heavy atom. The molecular weight excluding hydrogens is 871 g/mol. The molecule has 13 atom stereocenters. The lowest BCUT2D eigenvalue weighted by molar-refractivity contribution is -0.217. The molecule has 4 heterocycles. The van der Waals surface area contributed by atoms with Crippen molar-refractivity contribution in [3.8, 4) is 0 Å². The van der Waals surface area contributed by atoms with Crippen LogP contribution in [0.15, 0.2) is 54.1 Å². The number of hydroxylamine groups is 2. The van der Waals surface area contributed by atoms with Gasteiger partial charge in [0, 0.05) is 25.7 Å². The normalized spacial score (nSPS) is 35.7. The van der Waals surface area contributed by atoms with Crippen molar-refractivity contribution in [2.24, 2.45) is 22.7 Å². The molecule has 2 aromatic carbocycles. The number of nitrogens with zero attached hydrogens (tertiary/aromatic N) is 1. The third-order valence-electron chi connectivity index (χ3n) is 16.5. The Labute approximate surface area is 398 Å². The standard InChI is InChI=1S/C53H69N3O12/c1-29(58)41(46(60)54-35(28-57)17-19-40(59)65-49(2,3)4)55-48(62)53-26-38-42-43(67-52(66-42)23-33-10-8-9-11-34(33)24-52)45(53)68-56(44(53)47(61)63-38)27-31-14-12-30(13-15-31)22-32-16-18-39-51(7,64-39)21-20-37-36(32)25-50(37,5)6/h8-15,22,29,35-39,41-45,57-58H,16-21,23-28H2,1-7H3,(H,54,60)(H,55,62). The van der Waals surface area contributed by atoms with E-state index in [1.54, 1.807) is 20.8 Å². The fraction of sp³-hybridized carbons (Fsp3) is 0.660. The van der Waals surface area contributed by atoms with Gasteiger partial charge in [0.05, 0.1) is 37.0 Å². The molecule has 10 rings (SSSR count). The van der Waals surface area contributed by atoms with Gasteiger partial charge in [0.1, 0.15) is 41.5 Å². The predicted molar refractivity (Wildman–Crippen MR) is 247 cm³/mol. The third kappa shape index (κ3) is 8.61. The molecule has 2 amide bonds. The maximum Gasteiger partial charge on any atom is 0.327 e. The molecule has 68 heavy (non-hydrogen) atoms. The number of benzene rings is 2. The molecule has 2 bridgehead atoms. The lowest BCUT2D eigenvalue weighted by Crippen LogP contribution is -2.71. The van der Waals surface area contributed by atoms with E-state index in [1.165, 1.54) is 30.4 Å². The average molecular weight is 940 g/mol. The van der Waals surface area contributed by atoms with Crippen LogP contribution in [0.1, 0.15) is 122 Å². The number of esters is 2. The number of aliphatic hydroxyl groups is 2. The van der Waals surface area contributed by atoms with Crippen molar-refractivity contribution in [2.45, 2.75) is 191 Å². The van der Waals surface area contributed by atoms with Crippen molar-refractivity contribution < 1.29 is 57.9 Å². The molecule has 15 heteroatoms. The second-order valence-electron chi connectivity index (χ2n) is 23.0. The van der Waals surface area contributed by atoms with Crippen LogP contribution in [-0.2, 0) is 67.1 Å². The van der Waals surface area contributed by atoms with Crippen molar-refractivity contribution in [2.75, 3.05) is 6.61 Å². The lowest BCUT2D eigenvalue weighted by atomic mass is 9.52. The zero-order chi connectivity index (χ0) is 48.1. The highest BCUT2D eigenvalue weighted by Gasteiger charge is 2.76. The molecule has 4 aliphatic carbocycles. The first-order valence-electron chi connectivity index (χ1n) is 24.9. The molecule has 4 saturated heterocycles. The first kappa shape index (κ1) is 47.5. The minimum Gasteiger partial charge on any atom is -0.460 e. The second kappa shape index (κ2) is 17.3. The lowest BCUT2D eigenvalue weighted by Gasteiger charge is -2.53. The summed E-state index contributed by atoms with van der Waals surface area (Å²) in [5.41, 5.74) is 3.57. The number of allylic oxidation sites excluding steroid dienone is 1. The summed E-state index contributed by atoms with van der Waals surface area (Å²) in [7, 11) is 0. The number of carbonyl (C=O) groups excluding carboxylic acids is 4. The van der Waals surface area contributed by atoms with E-state index in [9.17, 15) is 24.6 Å². The van der Waals surface area contributed by atoms with Crippen LogP contribution in [0.5, 0.6) is 0 Å². The van der Waals surface area contributed by atoms with Crippen molar-refractivity contribution >= 4 is 29.8 Å².